The van der Waals surface area contributed by atoms with Gasteiger partial charge in [0.15, 0.2) is 0 Å². The maximum absolute atomic E-state index is 12.5. The second-order valence-corrected chi connectivity index (χ2v) is 8.94. The number of benzene rings is 1. The molecule has 144 valence electrons. The molecule has 6 heteroatoms. The lowest BCUT2D eigenvalue weighted by Gasteiger charge is -2.54. The highest BCUT2D eigenvalue weighted by molar-refractivity contribution is 6.30. The standard InChI is InChI=1S/C21H26ClN3O2/c1-12(24-25-21(27)15-3-2-4-18(22)11-15)5-19(26)23-20-16-7-13-6-14(9-16)10-17(20)8-13/h2-4,11,13-14,16-17,20H,5-10H2,1H3,(H,23,26)(H,25,27)/b24-12-. The maximum Gasteiger partial charge on any atom is 0.271 e. The van der Waals surface area contributed by atoms with E-state index in [1.165, 1.54) is 32.1 Å². The van der Waals surface area contributed by atoms with Gasteiger partial charge in [0.2, 0.25) is 5.91 Å². The first-order valence-electron chi connectivity index (χ1n) is 9.86. The fourth-order valence-electron chi connectivity index (χ4n) is 5.51. The minimum atomic E-state index is -0.335. The van der Waals surface area contributed by atoms with Crippen LogP contribution in [0.1, 0.15) is 55.8 Å². The molecular formula is C21H26ClN3O2. The lowest BCUT2D eigenvalue weighted by atomic mass is 9.54. The molecule has 1 aromatic rings. The van der Waals surface area contributed by atoms with Gasteiger partial charge in [0, 0.05) is 22.3 Å². The first kappa shape index (κ1) is 18.5. The van der Waals surface area contributed by atoms with E-state index in [0.717, 1.165) is 11.8 Å². The second-order valence-electron chi connectivity index (χ2n) is 8.50. The van der Waals surface area contributed by atoms with E-state index >= 15 is 0 Å². The number of amides is 2. The third-order valence-corrected chi connectivity index (χ3v) is 6.64. The summed E-state index contributed by atoms with van der Waals surface area (Å²) in [6.07, 6.45) is 6.73. The lowest BCUT2D eigenvalue weighted by molar-refractivity contribution is -0.123. The van der Waals surface area contributed by atoms with E-state index in [0.29, 0.717) is 34.2 Å². The van der Waals surface area contributed by atoms with Crippen molar-refractivity contribution < 1.29 is 9.59 Å². The smallest absolute Gasteiger partial charge is 0.271 e. The van der Waals surface area contributed by atoms with Crippen LogP contribution in [-0.4, -0.2) is 23.6 Å². The van der Waals surface area contributed by atoms with Gasteiger partial charge in [0.1, 0.15) is 0 Å². The monoisotopic (exact) mass is 387 g/mol. The number of hydrogen-bond donors (Lipinski definition) is 2. The van der Waals surface area contributed by atoms with Gasteiger partial charge in [-0.1, -0.05) is 17.7 Å². The van der Waals surface area contributed by atoms with Gasteiger partial charge in [0.05, 0.1) is 6.42 Å². The van der Waals surface area contributed by atoms with Gasteiger partial charge >= 0.3 is 0 Å². The van der Waals surface area contributed by atoms with Crippen molar-refractivity contribution >= 4 is 29.1 Å². The van der Waals surface area contributed by atoms with E-state index in [9.17, 15) is 9.59 Å². The molecule has 0 atom stereocenters. The number of hydrazone groups is 1. The molecule has 0 aromatic heterocycles. The summed E-state index contributed by atoms with van der Waals surface area (Å²) in [5.74, 6) is 2.77. The number of carbonyl (C=O) groups excluding carboxylic acids is 2. The average Bonchev–Trinajstić information content (AvgIpc) is 2.62. The predicted molar refractivity (Wildman–Crippen MR) is 106 cm³/mol. The molecular weight excluding hydrogens is 362 g/mol. The second kappa shape index (κ2) is 7.63. The Morgan fingerprint density at radius 1 is 1.11 bits per heavy atom. The van der Waals surface area contributed by atoms with Gasteiger partial charge in [-0.2, -0.15) is 5.10 Å². The molecule has 4 aliphatic carbocycles. The molecule has 0 spiro atoms. The van der Waals surface area contributed by atoms with E-state index < -0.39 is 0 Å². The number of rotatable bonds is 5. The molecule has 2 amide bonds. The molecule has 5 nitrogen and oxygen atoms in total. The van der Waals surface area contributed by atoms with Gasteiger partial charge in [-0.25, -0.2) is 5.43 Å². The molecule has 27 heavy (non-hydrogen) atoms. The third-order valence-electron chi connectivity index (χ3n) is 6.41. The number of halogens is 1. The fourth-order valence-corrected chi connectivity index (χ4v) is 5.70. The molecule has 4 saturated carbocycles. The van der Waals surface area contributed by atoms with Crippen LogP contribution in [0.3, 0.4) is 0 Å². The largest absolute Gasteiger partial charge is 0.352 e. The molecule has 0 aliphatic heterocycles. The molecule has 0 radical (unpaired) electrons. The van der Waals surface area contributed by atoms with Crippen molar-refractivity contribution in [2.45, 2.75) is 51.5 Å². The van der Waals surface area contributed by atoms with Crippen LogP contribution in [0.5, 0.6) is 0 Å². The highest BCUT2D eigenvalue weighted by Crippen LogP contribution is 2.53. The van der Waals surface area contributed by atoms with Gasteiger partial charge in [-0.05, 0) is 80.9 Å². The summed E-state index contributed by atoms with van der Waals surface area (Å²) in [5.41, 5.74) is 3.53. The van der Waals surface area contributed by atoms with Crippen molar-refractivity contribution in [3.05, 3.63) is 34.9 Å². The van der Waals surface area contributed by atoms with E-state index in [1.54, 1.807) is 31.2 Å². The van der Waals surface area contributed by atoms with Crippen molar-refractivity contribution in [1.82, 2.24) is 10.7 Å². The lowest BCUT2D eigenvalue weighted by Crippen LogP contribution is -2.56. The fraction of sp³-hybridized carbons (Fsp3) is 0.571. The SMILES string of the molecule is C/C(CC(=O)NC1C2CC3CC(C2)CC1C3)=N/NC(=O)c1cccc(Cl)c1. The summed E-state index contributed by atoms with van der Waals surface area (Å²) in [6, 6.07) is 7.01. The summed E-state index contributed by atoms with van der Waals surface area (Å²) in [7, 11) is 0. The molecule has 4 bridgehead atoms. The van der Waals surface area contributed by atoms with Crippen molar-refractivity contribution in [2.24, 2.45) is 28.8 Å². The van der Waals surface area contributed by atoms with E-state index in [4.69, 9.17) is 11.6 Å². The summed E-state index contributed by atoms with van der Waals surface area (Å²) in [6.45, 7) is 1.76. The van der Waals surface area contributed by atoms with Crippen molar-refractivity contribution in [1.29, 1.82) is 0 Å². The van der Waals surface area contributed by atoms with Gasteiger partial charge < -0.3 is 5.32 Å². The maximum atomic E-state index is 12.5. The molecule has 1 aromatic carbocycles. The topological polar surface area (TPSA) is 70.6 Å². The Balaban J connectivity index is 1.29. The summed E-state index contributed by atoms with van der Waals surface area (Å²) in [5, 5.41) is 7.84. The summed E-state index contributed by atoms with van der Waals surface area (Å²) >= 11 is 5.90. The Morgan fingerprint density at radius 3 is 2.41 bits per heavy atom. The number of carbonyl (C=O) groups is 2. The van der Waals surface area contributed by atoms with Crippen LogP contribution in [0.15, 0.2) is 29.4 Å². The van der Waals surface area contributed by atoms with Crippen LogP contribution in [0, 0.1) is 23.7 Å². The van der Waals surface area contributed by atoms with E-state index in [-0.39, 0.29) is 18.2 Å². The van der Waals surface area contributed by atoms with Crippen LogP contribution in [0.2, 0.25) is 5.02 Å². The third kappa shape index (κ3) is 4.18. The summed E-state index contributed by atoms with van der Waals surface area (Å²) in [4.78, 5) is 24.6. The molecule has 0 heterocycles. The molecule has 0 unspecified atom stereocenters. The van der Waals surface area contributed by atoms with E-state index in [1.807, 2.05) is 0 Å². The number of nitrogens with one attached hydrogen (secondary N) is 2. The molecule has 2 N–H and O–H groups in total. The molecule has 4 fully saturated rings. The average molecular weight is 388 g/mol. The zero-order chi connectivity index (χ0) is 19.0. The zero-order valence-corrected chi connectivity index (χ0v) is 16.3. The molecule has 4 aliphatic rings. The Morgan fingerprint density at radius 2 is 1.78 bits per heavy atom. The molecule has 5 rings (SSSR count). The Bertz CT molecular complexity index is 748. The summed E-state index contributed by atoms with van der Waals surface area (Å²) < 4.78 is 0. The number of nitrogens with zero attached hydrogens (tertiary/aromatic N) is 1. The van der Waals surface area contributed by atoms with Crippen molar-refractivity contribution in [3.63, 3.8) is 0 Å². The van der Waals surface area contributed by atoms with Crippen LogP contribution in [0.4, 0.5) is 0 Å². The normalized spacial score (nSPS) is 31.6. The Hall–Kier alpha value is -1.88. The van der Waals surface area contributed by atoms with E-state index in [2.05, 4.69) is 15.8 Å². The Labute approximate surface area is 164 Å². The Kier molecular flexibility index (Phi) is 5.22. The first-order chi connectivity index (χ1) is 13.0. The minimum absolute atomic E-state index is 0.00530. The van der Waals surface area contributed by atoms with Crippen molar-refractivity contribution in [3.8, 4) is 0 Å². The van der Waals surface area contributed by atoms with Gasteiger partial charge in [-0.15, -0.1) is 0 Å². The van der Waals surface area contributed by atoms with Crippen LogP contribution in [0.25, 0.3) is 0 Å². The number of hydrogen-bond acceptors (Lipinski definition) is 3. The van der Waals surface area contributed by atoms with Gasteiger partial charge in [0.25, 0.3) is 5.91 Å². The molecule has 0 saturated heterocycles. The minimum Gasteiger partial charge on any atom is -0.352 e. The highest BCUT2D eigenvalue weighted by atomic mass is 35.5. The van der Waals surface area contributed by atoms with Crippen molar-refractivity contribution in [2.75, 3.05) is 0 Å². The van der Waals surface area contributed by atoms with Crippen LogP contribution < -0.4 is 10.7 Å². The highest BCUT2D eigenvalue weighted by Gasteiger charge is 2.48. The van der Waals surface area contributed by atoms with Crippen LogP contribution >= 0.6 is 11.6 Å². The van der Waals surface area contributed by atoms with Crippen LogP contribution in [-0.2, 0) is 4.79 Å². The quantitative estimate of drug-likeness (QED) is 0.596. The zero-order valence-electron chi connectivity index (χ0n) is 15.6. The first-order valence-corrected chi connectivity index (χ1v) is 10.2. The van der Waals surface area contributed by atoms with Gasteiger partial charge in [-0.3, -0.25) is 9.59 Å². The predicted octanol–water partition coefficient (Wildman–Crippen LogP) is 3.78.